The van der Waals surface area contributed by atoms with E-state index in [0.29, 0.717) is 16.2 Å². The molecule has 0 radical (unpaired) electrons. The van der Waals surface area contributed by atoms with Crippen LogP contribution in [-0.2, 0) is 21.7 Å². The maximum absolute atomic E-state index is 5.53. The van der Waals surface area contributed by atoms with Gasteiger partial charge in [-0.2, -0.15) is 0 Å². The Hall–Kier alpha value is -0.0957. The van der Waals surface area contributed by atoms with Crippen molar-refractivity contribution in [2.45, 2.75) is 115 Å². The summed E-state index contributed by atoms with van der Waals surface area (Å²) in [5, 5.41) is 0. The summed E-state index contributed by atoms with van der Waals surface area (Å²) in [4.78, 5) is 0. The number of allylic oxidation sites excluding steroid dienone is 7. The quantitative estimate of drug-likeness (QED) is 0.153. The van der Waals surface area contributed by atoms with Crippen molar-refractivity contribution in [3.63, 3.8) is 0 Å². The first-order valence-corrected chi connectivity index (χ1v) is 15.7. The van der Waals surface area contributed by atoms with Crippen molar-refractivity contribution in [2.75, 3.05) is 18.5 Å². The van der Waals surface area contributed by atoms with Crippen molar-refractivity contribution >= 4 is 7.05 Å². The molecular formula is C31H58NPTi. The largest absolute Gasteiger partial charge is 0.272 e. The SMILES string of the molecule is CC(C)(C)CCP(CCC(C)(C)C)(CCC(C)(C)C)=NC1=CC=CC1.CCC=CC=CCC.[Ti]. The Morgan fingerprint density at radius 1 is 0.735 bits per heavy atom. The van der Waals surface area contributed by atoms with Crippen LogP contribution in [0.25, 0.3) is 0 Å². The van der Waals surface area contributed by atoms with Gasteiger partial charge in [0.1, 0.15) is 0 Å². The van der Waals surface area contributed by atoms with E-state index in [-0.39, 0.29) is 21.7 Å². The summed E-state index contributed by atoms with van der Waals surface area (Å²) in [5.41, 5.74) is 2.52. The summed E-state index contributed by atoms with van der Waals surface area (Å²) < 4.78 is 5.53. The van der Waals surface area contributed by atoms with Crippen LogP contribution in [0, 0.1) is 16.2 Å². The molecular weight excluding hydrogens is 465 g/mol. The zero-order valence-corrected chi connectivity index (χ0v) is 27.3. The van der Waals surface area contributed by atoms with E-state index >= 15 is 0 Å². The first-order valence-electron chi connectivity index (χ1n) is 13.4. The molecule has 0 aliphatic heterocycles. The summed E-state index contributed by atoms with van der Waals surface area (Å²) >= 11 is 0. The predicted molar refractivity (Wildman–Crippen MR) is 157 cm³/mol. The van der Waals surface area contributed by atoms with Gasteiger partial charge in [-0.1, -0.05) is 113 Å². The van der Waals surface area contributed by atoms with Gasteiger partial charge in [0.15, 0.2) is 0 Å². The van der Waals surface area contributed by atoms with Crippen molar-refractivity contribution in [3.8, 4) is 0 Å². The fourth-order valence-electron chi connectivity index (χ4n) is 3.33. The molecule has 1 nitrogen and oxygen atoms in total. The van der Waals surface area contributed by atoms with Gasteiger partial charge in [-0.25, -0.2) is 0 Å². The molecule has 0 spiro atoms. The molecule has 34 heavy (non-hydrogen) atoms. The number of hydrogen-bond acceptors (Lipinski definition) is 1. The molecule has 0 saturated carbocycles. The molecule has 0 amide bonds. The summed E-state index contributed by atoms with van der Waals surface area (Å²) in [6, 6.07) is 0. The van der Waals surface area contributed by atoms with Crippen LogP contribution in [0.1, 0.15) is 115 Å². The molecule has 0 saturated heterocycles. The topological polar surface area (TPSA) is 12.4 Å². The second kappa shape index (κ2) is 17.4. The molecule has 0 atom stereocenters. The van der Waals surface area contributed by atoms with Crippen molar-refractivity contribution in [2.24, 2.45) is 21.0 Å². The fraction of sp³-hybridized carbons (Fsp3) is 0.742. The Bertz CT molecular complexity index is 639. The number of rotatable bonds is 10. The molecule has 1 rings (SSSR count). The number of nitrogens with zero attached hydrogens (tertiary/aromatic N) is 1. The van der Waals surface area contributed by atoms with Crippen molar-refractivity contribution in [1.82, 2.24) is 0 Å². The van der Waals surface area contributed by atoms with Gasteiger partial charge in [-0.3, -0.25) is 4.74 Å². The van der Waals surface area contributed by atoms with Crippen molar-refractivity contribution < 1.29 is 21.7 Å². The molecule has 1 aliphatic rings. The second-order valence-corrected chi connectivity index (χ2v) is 17.0. The van der Waals surface area contributed by atoms with Gasteiger partial charge in [0.2, 0.25) is 0 Å². The molecule has 0 N–H and O–H groups in total. The second-order valence-electron chi connectivity index (χ2n) is 13.3. The monoisotopic (exact) mass is 523 g/mol. The molecule has 0 aromatic heterocycles. The van der Waals surface area contributed by atoms with Gasteiger partial charge in [-0.15, -0.1) is 0 Å². The Labute approximate surface area is 230 Å². The van der Waals surface area contributed by atoms with Gasteiger partial charge in [-0.05, 0) is 80.0 Å². The zero-order chi connectivity index (χ0) is 25.6. The molecule has 196 valence electrons. The molecule has 1 aliphatic carbocycles. The average Bonchev–Trinajstić information content (AvgIpc) is 3.18. The third-order valence-corrected chi connectivity index (χ3v) is 9.63. The van der Waals surface area contributed by atoms with Crippen LogP contribution in [0.15, 0.2) is 53.0 Å². The van der Waals surface area contributed by atoms with E-state index in [2.05, 4.69) is 119 Å². The first kappa shape index (κ1) is 36.1. The maximum atomic E-state index is 5.53. The Morgan fingerprint density at radius 3 is 1.38 bits per heavy atom. The Morgan fingerprint density at radius 2 is 1.12 bits per heavy atom. The fourth-order valence-corrected chi connectivity index (χ4v) is 8.25. The smallest absolute Gasteiger partial charge is 0.0425 e. The number of hydrogen-bond donors (Lipinski definition) is 0. The minimum Gasteiger partial charge on any atom is -0.272 e. The van der Waals surface area contributed by atoms with Gasteiger partial charge in [0.05, 0.1) is 0 Å². The van der Waals surface area contributed by atoms with E-state index in [1.165, 1.54) is 43.4 Å². The van der Waals surface area contributed by atoms with Crippen LogP contribution >= 0.6 is 7.05 Å². The molecule has 3 heteroatoms. The van der Waals surface area contributed by atoms with E-state index in [9.17, 15) is 0 Å². The van der Waals surface area contributed by atoms with Crippen molar-refractivity contribution in [1.29, 1.82) is 0 Å². The van der Waals surface area contributed by atoms with Gasteiger partial charge < -0.3 is 0 Å². The van der Waals surface area contributed by atoms with E-state index in [1.54, 1.807) is 0 Å². The first-order chi connectivity index (χ1) is 15.1. The van der Waals surface area contributed by atoms with Gasteiger partial charge in [0.25, 0.3) is 0 Å². The molecule has 0 unspecified atom stereocenters. The predicted octanol–water partition coefficient (Wildman–Crippen LogP) is 11.3. The Kier molecular flexibility index (Phi) is 18.4. The van der Waals surface area contributed by atoms with E-state index in [0.717, 1.165) is 19.3 Å². The summed E-state index contributed by atoms with van der Waals surface area (Å²) in [6.45, 7) is 25.7. The standard InChI is InChI=1S/C23H44NP.C8H14.Ti/c1-21(2,3)14-17-25(18-15-22(4,5)6,19-16-23(7,8)9)24-20-12-10-11-13-20;1-3-5-7-8-6-4-2;/h10-12H,13-19H2,1-9H3;5-8H,3-4H2,1-2H3;. The molecule has 0 aromatic carbocycles. The molecule has 0 bridgehead atoms. The third-order valence-electron chi connectivity index (χ3n) is 5.78. The van der Waals surface area contributed by atoms with Crippen LogP contribution in [0.5, 0.6) is 0 Å². The summed E-state index contributed by atoms with van der Waals surface area (Å²) in [5.74, 6) is 0. The van der Waals surface area contributed by atoms with Crippen LogP contribution in [0.4, 0.5) is 0 Å². The van der Waals surface area contributed by atoms with Crippen LogP contribution in [0.2, 0.25) is 0 Å². The normalized spacial score (nSPS) is 14.7. The van der Waals surface area contributed by atoms with Gasteiger partial charge >= 0.3 is 0 Å². The molecule has 0 heterocycles. The minimum absolute atomic E-state index is 0. The minimum atomic E-state index is -1.32. The molecule has 0 fully saturated rings. The van der Waals surface area contributed by atoms with Crippen molar-refractivity contribution in [3.05, 3.63) is 48.2 Å². The van der Waals surface area contributed by atoms with Crippen LogP contribution in [0.3, 0.4) is 0 Å². The third kappa shape index (κ3) is 21.2. The van der Waals surface area contributed by atoms with E-state index < -0.39 is 7.05 Å². The van der Waals surface area contributed by atoms with Crippen LogP contribution in [-0.4, -0.2) is 18.5 Å². The Balaban J connectivity index is 0. The molecule has 0 aromatic rings. The maximum Gasteiger partial charge on any atom is 0.0425 e. The summed E-state index contributed by atoms with van der Waals surface area (Å²) in [6.07, 6.45) is 26.3. The summed E-state index contributed by atoms with van der Waals surface area (Å²) in [7, 11) is -1.32. The van der Waals surface area contributed by atoms with Crippen LogP contribution < -0.4 is 0 Å². The zero-order valence-electron chi connectivity index (χ0n) is 24.8. The average molecular weight is 524 g/mol. The van der Waals surface area contributed by atoms with E-state index in [1.807, 2.05) is 0 Å². The van der Waals surface area contributed by atoms with Gasteiger partial charge in [0, 0.05) is 33.8 Å². The van der Waals surface area contributed by atoms with E-state index in [4.69, 9.17) is 4.74 Å².